The molecule has 0 unspecified atom stereocenters. The fourth-order valence-corrected chi connectivity index (χ4v) is 3.72. The van der Waals surface area contributed by atoms with Gasteiger partial charge in [0, 0.05) is 12.1 Å². The van der Waals surface area contributed by atoms with Crippen LogP contribution in [0.3, 0.4) is 0 Å². The van der Waals surface area contributed by atoms with Gasteiger partial charge in [-0.1, -0.05) is 30.3 Å². The topological polar surface area (TPSA) is 154 Å². The van der Waals surface area contributed by atoms with Gasteiger partial charge in [-0.2, -0.15) is 0 Å². The minimum Gasteiger partial charge on any atom is -0.460 e. The third-order valence-corrected chi connectivity index (χ3v) is 5.93. The lowest BCUT2D eigenvalue weighted by atomic mass is 10.2. The van der Waals surface area contributed by atoms with E-state index in [4.69, 9.17) is 9.47 Å². The number of esters is 1. The van der Waals surface area contributed by atoms with Crippen LogP contribution in [0.4, 0.5) is 5.69 Å². The number of benzene rings is 3. The molecular formula is C23H21N3O8S. The van der Waals surface area contributed by atoms with Gasteiger partial charge in [0.1, 0.15) is 24.7 Å². The van der Waals surface area contributed by atoms with E-state index < -0.39 is 39.9 Å². The number of rotatable bonds is 11. The van der Waals surface area contributed by atoms with Gasteiger partial charge in [-0.25, -0.2) is 13.1 Å². The van der Waals surface area contributed by atoms with Crippen LogP contribution < -0.4 is 14.8 Å². The smallest absolute Gasteiger partial charge is 0.325 e. The molecule has 0 fully saturated rings. The molecule has 3 rings (SSSR count). The number of sulfonamides is 1. The Morgan fingerprint density at radius 1 is 0.857 bits per heavy atom. The summed E-state index contributed by atoms with van der Waals surface area (Å²) in [4.78, 5) is 33.9. The quantitative estimate of drug-likeness (QED) is 0.232. The summed E-state index contributed by atoms with van der Waals surface area (Å²) in [5, 5.41) is 13.0. The zero-order valence-electron chi connectivity index (χ0n) is 18.2. The van der Waals surface area contributed by atoms with E-state index >= 15 is 0 Å². The molecule has 182 valence electrons. The summed E-state index contributed by atoms with van der Waals surface area (Å²) in [6.45, 7) is -0.999. The van der Waals surface area contributed by atoms with Gasteiger partial charge in [-0.05, 0) is 42.0 Å². The summed E-state index contributed by atoms with van der Waals surface area (Å²) in [6.07, 6.45) is 0. The molecule has 3 aromatic rings. The Morgan fingerprint density at radius 2 is 1.46 bits per heavy atom. The molecule has 35 heavy (non-hydrogen) atoms. The summed E-state index contributed by atoms with van der Waals surface area (Å²) in [5.74, 6) is -0.472. The lowest BCUT2D eigenvalue weighted by Gasteiger charge is -2.09. The SMILES string of the molecule is O=C(CNS(=O)(=O)c1ccccc1)NCC(=O)OCc1ccc(Oc2ccc([N+](=O)[O-])cc2)cc1. The molecule has 0 atom stereocenters. The van der Waals surface area contributed by atoms with E-state index in [0.717, 1.165) is 0 Å². The number of carbonyl (C=O) groups is 2. The Labute approximate surface area is 200 Å². The van der Waals surface area contributed by atoms with Gasteiger partial charge in [-0.15, -0.1) is 0 Å². The van der Waals surface area contributed by atoms with Crippen molar-refractivity contribution in [2.24, 2.45) is 0 Å². The van der Waals surface area contributed by atoms with Crippen molar-refractivity contribution in [2.75, 3.05) is 13.1 Å². The lowest BCUT2D eigenvalue weighted by molar-refractivity contribution is -0.384. The number of carbonyl (C=O) groups excluding carboxylic acids is 2. The largest absolute Gasteiger partial charge is 0.460 e. The second-order valence-electron chi connectivity index (χ2n) is 7.07. The van der Waals surface area contributed by atoms with Gasteiger partial charge in [0.15, 0.2) is 0 Å². The molecule has 0 saturated heterocycles. The number of non-ortho nitro benzene ring substituents is 1. The number of nitro groups is 1. The molecule has 0 bridgehead atoms. The van der Waals surface area contributed by atoms with Crippen LogP contribution in [-0.4, -0.2) is 38.3 Å². The predicted octanol–water partition coefficient (Wildman–Crippen LogP) is 2.53. The van der Waals surface area contributed by atoms with Crippen LogP contribution in [-0.2, 0) is 31.0 Å². The zero-order valence-corrected chi connectivity index (χ0v) is 19.1. The van der Waals surface area contributed by atoms with Crippen molar-refractivity contribution >= 4 is 27.6 Å². The van der Waals surface area contributed by atoms with E-state index in [1.807, 2.05) is 0 Å². The normalized spacial score (nSPS) is 10.9. The number of amides is 1. The lowest BCUT2D eigenvalue weighted by Crippen LogP contribution is -2.39. The third-order valence-electron chi connectivity index (χ3n) is 4.51. The molecule has 0 radical (unpaired) electrons. The van der Waals surface area contributed by atoms with Crippen LogP contribution in [0.5, 0.6) is 11.5 Å². The van der Waals surface area contributed by atoms with Crippen molar-refractivity contribution in [3.8, 4) is 11.5 Å². The molecule has 2 N–H and O–H groups in total. The van der Waals surface area contributed by atoms with E-state index in [1.54, 1.807) is 42.5 Å². The fourth-order valence-electron chi connectivity index (χ4n) is 2.72. The van der Waals surface area contributed by atoms with Crippen LogP contribution in [0.2, 0.25) is 0 Å². The summed E-state index contributed by atoms with van der Waals surface area (Å²) in [5.41, 5.74) is 0.621. The Hall–Kier alpha value is -4.29. The van der Waals surface area contributed by atoms with Crippen molar-refractivity contribution in [3.63, 3.8) is 0 Å². The third kappa shape index (κ3) is 7.91. The molecule has 1 amide bonds. The van der Waals surface area contributed by atoms with Crippen LogP contribution in [0.1, 0.15) is 5.56 Å². The monoisotopic (exact) mass is 499 g/mol. The van der Waals surface area contributed by atoms with Crippen molar-refractivity contribution in [3.05, 3.63) is 94.5 Å². The van der Waals surface area contributed by atoms with Gasteiger partial charge >= 0.3 is 5.97 Å². The maximum Gasteiger partial charge on any atom is 0.325 e. The van der Waals surface area contributed by atoms with E-state index in [2.05, 4.69) is 10.0 Å². The number of hydrogen-bond acceptors (Lipinski definition) is 8. The maximum absolute atomic E-state index is 12.1. The Bertz CT molecular complexity index is 1280. The number of nitrogens with zero attached hydrogens (tertiary/aromatic N) is 1. The van der Waals surface area contributed by atoms with E-state index in [1.165, 1.54) is 36.4 Å². The molecule has 0 aliphatic carbocycles. The van der Waals surface area contributed by atoms with E-state index in [9.17, 15) is 28.1 Å². The second kappa shape index (κ2) is 11.7. The van der Waals surface area contributed by atoms with Crippen molar-refractivity contribution < 1.29 is 32.4 Å². The first-order valence-electron chi connectivity index (χ1n) is 10.2. The number of nitrogens with one attached hydrogen (secondary N) is 2. The Kier molecular flexibility index (Phi) is 8.48. The summed E-state index contributed by atoms with van der Waals surface area (Å²) < 4.78 is 37.0. The van der Waals surface area contributed by atoms with Crippen molar-refractivity contribution in [2.45, 2.75) is 11.5 Å². The van der Waals surface area contributed by atoms with Crippen LogP contribution in [0, 0.1) is 10.1 Å². The highest BCUT2D eigenvalue weighted by Gasteiger charge is 2.15. The molecule has 0 spiro atoms. The Morgan fingerprint density at radius 3 is 2.06 bits per heavy atom. The highest BCUT2D eigenvalue weighted by atomic mass is 32.2. The molecular weight excluding hydrogens is 478 g/mol. The predicted molar refractivity (Wildman–Crippen MR) is 124 cm³/mol. The minimum atomic E-state index is -3.83. The molecule has 0 saturated carbocycles. The second-order valence-corrected chi connectivity index (χ2v) is 8.84. The molecule has 3 aromatic carbocycles. The van der Waals surface area contributed by atoms with Gasteiger partial charge in [0.05, 0.1) is 16.4 Å². The first-order chi connectivity index (χ1) is 16.7. The van der Waals surface area contributed by atoms with Crippen LogP contribution >= 0.6 is 0 Å². The molecule has 0 aliphatic heterocycles. The fraction of sp³-hybridized carbons (Fsp3) is 0.130. The average molecular weight is 500 g/mol. The first-order valence-corrected chi connectivity index (χ1v) is 11.7. The molecule has 0 heterocycles. The number of ether oxygens (including phenoxy) is 2. The molecule has 0 aromatic heterocycles. The summed E-state index contributed by atoms with van der Waals surface area (Å²) in [7, 11) is -3.83. The number of nitro benzene ring substituents is 1. The highest BCUT2D eigenvalue weighted by molar-refractivity contribution is 7.89. The minimum absolute atomic E-state index is 0.0244. The van der Waals surface area contributed by atoms with Crippen LogP contribution in [0.25, 0.3) is 0 Å². The zero-order chi connectivity index (χ0) is 25.3. The van der Waals surface area contributed by atoms with Crippen LogP contribution in [0.15, 0.2) is 83.8 Å². The first kappa shape index (κ1) is 25.3. The van der Waals surface area contributed by atoms with Gasteiger partial charge in [-0.3, -0.25) is 19.7 Å². The molecule has 12 heteroatoms. The van der Waals surface area contributed by atoms with Crippen molar-refractivity contribution in [1.29, 1.82) is 0 Å². The highest BCUT2D eigenvalue weighted by Crippen LogP contribution is 2.24. The van der Waals surface area contributed by atoms with E-state index in [0.29, 0.717) is 17.1 Å². The molecule has 11 nitrogen and oxygen atoms in total. The average Bonchev–Trinajstić information content (AvgIpc) is 2.86. The van der Waals surface area contributed by atoms with Gasteiger partial charge in [0.2, 0.25) is 15.9 Å². The van der Waals surface area contributed by atoms with Gasteiger partial charge in [0.25, 0.3) is 5.69 Å². The van der Waals surface area contributed by atoms with E-state index in [-0.39, 0.29) is 17.2 Å². The maximum atomic E-state index is 12.1. The van der Waals surface area contributed by atoms with Crippen molar-refractivity contribution in [1.82, 2.24) is 10.0 Å². The summed E-state index contributed by atoms with van der Waals surface area (Å²) >= 11 is 0. The van der Waals surface area contributed by atoms with Gasteiger partial charge < -0.3 is 14.8 Å². The Balaban J connectivity index is 1.38. The number of hydrogen-bond donors (Lipinski definition) is 2. The summed E-state index contributed by atoms with van der Waals surface area (Å²) in [6, 6.07) is 19.8. The molecule has 0 aliphatic rings. The standard InChI is InChI=1S/C23H21N3O8S/c27-22(14-25-35(31,32)21-4-2-1-3-5-21)24-15-23(28)33-16-17-6-10-19(11-7-17)34-20-12-8-18(9-13-20)26(29)30/h1-13,25H,14-16H2,(H,24,27).